The first-order chi connectivity index (χ1) is 16.6. The lowest BCUT2D eigenvalue weighted by Gasteiger charge is -2.11. The van der Waals surface area contributed by atoms with Gasteiger partial charge < -0.3 is 10.8 Å². The number of phenolic OH excluding ortho intramolecular Hbond substituents is 1. The molecule has 0 aliphatic rings. The molecule has 13 nitrogen and oxygen atoms in total. The fraction of sp³-hybridized carbons (Fsp3) is 0. The molecular formula is C20H15N3O10S3. The molecule has 16 heteroatoms. The predicted molar refractivity (Wildman–Crippen MR) is 128 cm³/mol. The van der Waals surface area contributed by atoms with Crippen molar-refractivity contribution in [1.82, 2.24) is 0 Å². The second-order valence-corrected chi connectivity index (χ2v) is 11.6. The van der Waals surface area contributed by atoms with Gasteiger partial charge in [0.15, 0.2) is 5.75 Å². The molecule has 0 saturated heterocycles. The number of phenols is 1. The lowest BCUT2D eigenvalue weighted by atomic mass is 10.1. The minimum atomic E-state index is -5.09. The van der Waals surface area contributed by atoms with E-state index in [-0.39, 0.29) is 27.2 Å². The van der Waals surface area contributed by atoms with Crippen LogP contribution in [0.4, 0.5) is 17.1 Å². The summed E-state index contributed by atoms with van der Waals surface area (Å²) in [5.74, 6) is -0.730. The first-order valence-electron chi connectivity index (χ1n) is 9.54. The SMILES string of the molecule is Nc1ccc2c(O)c(/N=N/c3ccc4c(S(=O)(=O)O)cccc4c3S(=O)(=O)O)c(S(=O)(=O)O)cc2c1. The van der Waals surface area contributed by atoms with E-state index in [4.69, 9.17) is 5.73 Å². The summed E-state index contributed by atoms with van der Waals surface area (Å²) in [6.07, 6.45) is 0. The number of fused-ring (bicyclic) bond motifs is 2. The van der Waals surface area contributed by atoms with Crippen molar-refractivity contribution in [3.8, 4) is 5.75 Å². The number of azo groups is 1. The van der Waals surface area contributed by atoms with Crippen molar-refractivity contribution < 1.29 is 44.0 Å². The number of aromatic hydroxyl groups is 1. The molecule has 6 N–H and O–H groups in total. The largest absolute Gasteiger partial charge is 0.505 e. The van der Waals surface area contributed by atoms with E-state index in [0.29, 0.717) is 0 Å². The van der Waals surface area contributed by atoms with Gasteiger partial charge in [-0.25, -0.2) is 0 Å². The van der Waals surface area contributed by atoms with Gasteiger partial charge in [0.25, 0.3) is 30.4 Å². The molecule has 0 unspecified atom stereocenters. The summed E-state index contributed by atoms with van der Waals surface area (Å²) in [6.45, 7) is 0. The average Bonchev–Trinajstić information content (AvgIpc) is 2.75. The van der Waals surface area contributed by atoms with Crippen LogP contribution in [0.3, 0.4) is 0 Å². The molecule has 0 spiro atoms. The van der Waals surface area contributed by atoms with Crippen molar-refractivity contribution in [2.45, 2.75) is 14.7 Å². The van der Waals surface area contributed by atoms with Crippen LogP contribution in [0.2, 0.25) is 0 Å². The van der Waals surface area contributed by atoms with Crippen molar-refractivity contribution in [2.24, 2.45) is 10.2 Å². The molecule has 0 atom stereocenters. The summed E-state index contributed by atoms with van der Waals surface area (Å²) in [4.78, 5) is -2.42. The number of nitrogen functional groups attached to an aromatic ring is 1. The second kappa shape index (κ2) is 8.47. The first kappa shape index (κ1) is 25.4. The zero-order valence-electron chi connectivity index (χ0n) is 17.6. The topological polar surface area (TPSA) is 234 Å². The highest BCUT2D eigenvalue weighted by atomic mass is 32.2. The van der Waals surface area contributed by atoms with Gasteiger partial charge in [0, 0.05) is 21.8 Å². The van der Waals surface area contributed by atoms with Crippen LogP contribution in [0.5, 0.6) is 5.75 Å². The Bertz CT molecular complexity index is 1940. The molecule has 0 aromatic heterocycles. The number of hydrogen-bond donors (Lipinski definition) is 5. The Labute approximate surface area is 203 Å². The fourth-order valence-corrected chi connectivity index (χ4v) is 5.83. The zero-order valence-corrected chi connectivity index (χ0v) is 20.1. The zero-order chi connectivity index (χ0) is 26.6. The highest BCUT2D eigenvalue weighted by Crippen LogP contribution is 2.43. The van der Waals surface area contributed by atoms with Crippen LogP contribution < -0.4 is 5.73 Å². The summed E-state index contributed by atoms with van der Waals surface area (Å²) < 4.78 is 101. The van der Waals surface area contributed by atoms with Gasteiger partial charge in [-0.3, -0.25) is 13.7 Å². The van der Waals surface area contributed by atoms with E-state index in [1.807, 2.05) is 0 Å². The Kier molecular flexibility index (Phi) is 5.98. The summed E-state index contributed by atoms with van der Waals surface area (Å²) in [5, 5.41) is 17.5. The maximum atomic E-state index is 12.2. The van der Waals surface area contributed by atoms with Crippen LogP contribution in [-0.4, -0.2) is 44.0 Å². The molecule has 0 radical (unpaired) electrons. The van der Waals surface area contributed by atoms with Gasteiger partial charge >= 0.3 is 0 Å². The Morgan fingerprint density at radius 1 is 0.667 bits per heavy atom. The van der Waals surface area contributed by atoms with E-state index >= 15 is 0 Å². The minimum Gasteiger partial charge on any atom is -0.505 e. The molecule has 4 aromatic carbocycles. The summed E-state index contributed by atoms with van der Waals surface area (Å²) in [5.41, 5.74) is 4.59. The van der Waals surface area contributed by atoms with Gasteiger partial charge in [-0.15, -0.1) is 10.2 Å². The Morgan fingerprint density at radius 2 is 1.31 bits per heavy atom. The van der Waals surface area contributed by atoms with E-state index in [2.05, 4.69) is 10.2 Å². The maximum Gasteiger partial charge on any atom is 0.297 e. The molecular weight excluding hydrogens is 538 g/mol. The van der Waals surface area contributed by atoms with Crippen molar-refractivity contribution >= 4 is 69.0 Å². The van der Waals surface area contributed by atoms with E-state index in [9.17, 15) is 44.0 Å². The van der Waals surface area contributed by atoms with E-state index in [1.165, 1.54) is 18.2 Å². The van der Waals surface area contributed by atoms with Crippen LogP contribution in [-0.2, 0) is 30.4 Å². The third-order valence-electron chi connectivity index (χ3n) is 5.10. The van der Waals surface area contributed by atoms with Gasteiger partial charge in [-0.1, -0.05) is 18.2 Å². The molecule has 0 aliphatic heterocycles. The molecule has 0 bridgehead atoms. The number of nitrogens with two attached hydrogens (primary N) is 1. The molecule has 4 aromatic rings. The third kappa shape index (κ3) is 4.60. The van der Waals surface area contributed by atoms with E-state index in [1.54, 1.807) is 0 Å². The molecule has 0 heterocycles. The van der Waals surface area contributed by atoms with Crippen molar-refractivity contribution in [3.63, 3.8) is 0 Å². The van der Waals surface area contributed by atoms with Crippen LogP contribution in [0.15, 0.2) is 79.5 Å². The van der Waals surface area contributed by atoms with Gasteiger partial charge in [0.1, 0.15) is 26.1 Å². The Hall–Kier alpha value is -3.67. The van der Waals surface area contributed by atoms with Crippen LogP contribution >= 0.6 is 0 Å². The lowest BCUT2D eigenvalue weighted by molar-refractivity contribution is 0.472. The van der Waals surface area contributed by atoms with Crippen molar-refractivity contribution in [2.75, 3.05) is 5.73 Å². The second-order valence-electron chi connectivity index (χ2n) is 7.44. The highest BCUT2D eigenvalue weighted by molar-refractivity contribution is 7.86. The van der Waals surface area contributed by atoms with Crippen LogP contribution in [0, 0.1) is 0 Å². The normalized spacial score (nSPS) is 13.1. The van der Waals surface area contributed by atoms with Gasteiger partial charge in [0.05, 0.1) is 0 Å². The number of rotatable bonds is 5. The quantitative estimate of drug-likeness (QED) is 0.136. The summed E-state index contributed by atoms with van der Waals surface area (Å²) in [7, 11) is -14.8. The van der Waals surface area contributed by atoms with Gasteiger partial charge in [-0.2, -0.15) is 25.3 Å². The first-order valence-corrected chi connectivity index (χ1v) is 13.9. The van der Waals surface area contributed by atoms with Gasteiger partial charge in [-0.05, 0) is 41.8 Å². The monoisotopic (exact) mass is 553 g/mol. The maximum absolute atomic E-state index is 12.2. The molecule has 0 amide bonds. The number of benzene rings is 4. The molecule has 0 aliphatic carbocycles. The Morgan fingerprint density at radius 3 is 1.92 bits per heavy atom. The molecule has 188 valence electrons. The predicted octanol–water partition coefficient (Wildman–Crippen LogP) is 3.44. The Balaban J connectivity index is 2.04. The van der Waals surface area contributed by atoms with Crippen molar-refractivity contribution in [1.29, 1.82) is 0 Å². The highest BCUT2D eigenvalue weighted by Gasteiger charge is 2.25. The molecule has 4 rings (SSSR count). The standard InChI is InChI=1S/C20H15N3O10S3/c21-11-4-5-12-10(8-11)9-17(35(28,29)30)18(19(12)24)23-22-15-7-6-13-14(20(15)36(31,32)33)2-1-3-16(13)34(25,26)27/h1-9,24H,21H2,(H,25,26,27)(H,28,29,30)(H,31,32,33)/b23-22+. The fourth-order valence-electron chi connectivity index (χ4n) is 3.63. The lowest BCUT2D eigenvalue weighted by Crippen LogP contribution is -2.03. The number of hydrogen-bond acceptors (Lipinski definition) is 10. The van der Waals surface area contributed by atoms with Gasteiger partial charge in [0.2, 0.25) is 0 Å². The number of anilines is 1. The average molecular weight is 554 g/mol. The molecule has 36 heavy (non-hydrogen) atoms. The third-order valence-corrected chi connectivity index (χ3v) is 7.82. The summed E-state index contributed by atoms with van der Waals surface area (Å²) >= 11 is 0. The van der Waals surface area contributed by atoms with Crippen LogP contribution in [0.25, 0.3) is 21.5 Å². The molecule has 0 fully saturated rings. The smallest absolute Gasteiger partial charge is 0.297 e. The van der Waals surface area contributed by atoms with Crippen LogP contribution in [0.1, 0.15) is 0 Å². The number of nitrogens with zero attached hydrogens (tertiary/aromatic N) is 2. The van der Waals surface area contributed by atoms with E-state index in [0.717, 1.165) is 36.4 Å². The van der Waals surface area contributed by atoms with E-state index < -0.39 is 62.2 Å². The van der Waals surface area contributed by atoms with Crippen molar-refractivity contribution in [3.05, 3.63) is 54.6 Å². The minimum absolute atomic E-state index is 0.0804. The summed E-state index contributed by atoms with van der Waals surface area (Å²) in [6, 6.07) is 10.3. The molecule has 0 saturated carbocycles.